The van der Waals surface area contributed by atoms with Gasteiger partial charge in [0.05, 0.1) is 5.41 Å². The van der Waals surface area contributed by atoms with E-state index in [-0.39, 0.29) is 0 Å². The monoisotopic (exact) mass is 725 g/mol. The molecular weight excluding hydrogens is 691 g/mol. The summed E-state index contributed by atoms with van der Waals surface area (Å²) in [5, 5.41) is 4.75. The summed E-state index contributed by atoms with van der Waals surface area (Å²) in [6, 6.07) is 75.9. The van der Waals surface area contributed by atoms with Gasteiger partial charge in [0.1, 0.15) is 0 Å². The first-order chi connectivity index (χ1) is 28.2. The van der Waals surface area contributed by atoms with Gasteiger partial charge in [-0.3, -0.25) is 0 Å². The van der Waals surface area contributed by atoms with Crippen LogP contribution in [0, 0.1) is 0 Å². The van der Waals surface area contributed by atoms with Gasteiger partial charge in [-0.25, -0.2) is 15.0 Å². The van der Waals surface area contributed by atoms with Crippen LogP contribution in [0.1, 0.15) is 22.3 Å². The molecule has 1 aromatic heterocycles. The first-order valence-corrected chi connectivity index (χ1v) is 19.4. The van der Waals surface area contributed by atoms with Crippen molar-refractivity contribution < 1.29 is 0 Å². The third-order valence-electron chi connectivity index (χ3n) is 11.6. The highest BCUT2D eigenvalue weighted by Gasteiger charge is 2.46. The fourth-order valence-electron chi connectivity index (χ4n) is 8.88. The van der Waals surface area contributed by atoms with Crippen molar-refractivity contribution in [1.29, 1.82) is 0 Å². The second kappa shape index (κ2) is 13.4. The summed E-state index contributed by atoms with van der Waals surface area (Å²) in [7, 11) is 0. The molecule has 3 heteroatoms. The fraction of sp³-hybridized carbons (Fsp3) is 0.0185. The van der Waals surface area contributed by atoms with Gasteiger partial charge >= 0.3 is 0 Å². The first kappa shape index (κ1) is 32.9. The van der Waals surface area contributed by atoms with E-state index in [9.17, 15) is 0 Å². The minimum absolute atomic E-state index is 0.532. The first-order valence-electron chi connectivity index (χ1n) is 19.4. The van der Waals surface area contributed by atoms with Crippen LogP contribution >= 0.6 is 0 Å². The summed E-state index contributed by atoms with van der Waals surface area (Å²) < 4.78 is 0. The lowest BCUT2D eigenvalue weighted by molar-refractivity contribution is 0.768. The summed E-state index contributed by atoms with van der Waals surface area (Å²) in [4.78, 5) is 15.8. The van der Waals surface area contributed by atoms with Crippen molar-refractivity contribution in [2.24, 2.45) is 0 Å². The van der Waals surface area contributed by atoms with Gasteiger partial charge in [0, 0.05) is 16.7 Å². The van der Waals surface area contributed by atoms with Crippen LogP contribution < -0.4 is 0 Å². The van der Waals surface area contributed by atoms with Crippen molar-refractivity contribution >= 4 is 21.5 Å². The van der Waals surface area contributed by atoms with Crippen LogP contribution in [-0.4, -0.2) is 15.0 Å². The number of fused-ring (bicyclic) bond motifs is 5. The number of hydrogen-bond donors (Lipinski definition) is 0. The summed E-state index contributed by atoms with van der Waals surface area (Å²) >= 11 is 0. The van der Waals surface area contributed by atoms with Gasteiger partial charge < -0.3 is 0 Å². The molecule has 0 unspecified atom stereocenters. The van der Waals surface area contributed by atoms with E-state index in [0.717, 1.165) is 33.2 Å². The number of hydrogen-bond acceptors (Lipinski definition) is 3. The van der Waals surface area contributed by atoms with E-state index in [1.54, 1.807) is 0 Å². The molecule has 0 bridgehead atoms. The van der Waals surface area contributed by atoms with E-state index in [1.807, 2.05) is 0 Å². The SMILES string of the molecule is c1ccc(C2(c3ccccc3)c3ccccc3-c3ccc(-c4nc(-c5cccc(-c6ccc7ccccc7c6)c5)nc(-c5ccc6ccccc6c5)n4)cc32)cc1. The van der Waals surface area contributed by atoms with Crippen molar-refractivity contribution in [2.75, 3.05) is 0 Å². The average Bonchev–Trinajstić information content (AvgIpc) is 3.59. The maximum absolute atomic E-state index is 5.29. The minimum Gasteiger partial charge on any atom is -0.208 e. The predicted molar refractivity (Wildman–Crippen MR) is 234 cm³/mol. The molecule has 0 N–H and O–H groups in total. The molecule has 0 spiro atoms. The molecule has 10 aromatic rings. The van der Waals surface area contributed by atoms with Gasteiger partial charge in [-0.1, -0.05) is 188 Å². The molecule has 1 aliphatic rings. The van der Waals surface area contributed by atoms with Gasteiger partial charge in [-0.15, -0.1) is 0 Å². The zero-order valence-electron chi connectivity index (χ0n) is 31.0. The van der Waals surface area contributed by atoms with Gasteiger partial charge in [-0.2, -0.15) is 0 Å². The second-order valence-electron chi connectivity index (χ2n) is 14.8. The average molecular weight is 726 g/mol. The normalized spacial score (nSPS) is 12.7. The summed E-state index contributed by atoms with van der Waals surface area (Å²) in [6.07, 6.45) is 0. The number of aromatic nitrogens is 3. The molecule has 0 atom stereocenters. The Hall–Kier alpha value is -7.49. The minimum atomic E-state index is -0.532. The Morgan fingerprint density at radius 1 is 0.263 bits per heavy atom. The van der Waals surface area contributed by atoms with Crippen LogP contribution in [0.2, 0.25) is 0 Å². The molecule has 0 aliphatic heterocycles. The number of nitrogens with zero attached hydrogens (tertiary/aromatic N) is 3. The number of benzene rings is 9. The van der Waals surface area contributed by atoms with Gasteiger partial charge in [0.2, 0.25) is 0 Å². The lowest BCUT2D eigenvalue weighted by Crippen LogP contribution is -2.28. The molecule has 57 heavy (non-hydrogen) atoms. The third kappa shape index (κ3) is 5.47. The second-order valence-corrected chi connectivity index (χ2v) is 14.8. The molecule has 9 aromatic carbocycles. The predicted octanol–water partition coefficient (Wildman–Crippen LogP) is 13.2. The van der Waals surface area contributed by atoms with Crippen LogP contribution in [-0.2, 0) is 5.41 Å². The zero-order valence-corrected chi connectivity index (χ0v) is 31.0. The van der Waals surface area contributed by atoms with Crippen molar-refractivity contribution in [3.63, 3.8) is 0 Å². The van der Waals surface area contributed by atoms with Gasteiger partial charge in [0.25, 0.3) is 0 Å². The Balaban J connectivity index is 1.13. The standard InChI is InChI=1S/C54H35N3/c1-3-20-45(21-4-1)54(46-22-5-2-6-23-46)49-25-12-11-24-47(49)48-31-30-44(35-50(48)54)53-56-51(55-52(57-53)43-29-27-37-15-8-10-17-39(37)33-43)42-19-13-18-40(34-42)41-28-26-36-14-7-9-16-38(36)32-41/h1-35H. The highest BCUT2D eigenvalue weighted by atomic mass is 15.0. The van der Waals surface area contributed by atoms with Crippen LogP contribution in [0.25, 0.3) is 78.0 Å². The van der Waals surface area contributed by atoms with E-state index >= 15 is 0 Å². The highest BCUT2D eigenvalue weighted by Crippen LogP contribution is 2.56. The molecule has 0 fully saturated rings. The quantitative estimate of drug-likeness (QED) is 0.171. The van der Waals surface area contributed by atoms with E-state index in [2.05, 4.69) is 212 Å². The van der Waals surface area contributed by atoms with Crippen LogP contribution in [0.15, 0.2) is 212 Å². The molecule has 0 radical (unpaired) electrons. The lowest BCUT2D eigenvalue weighted by atomic mass is 9.67. The number of rotatable bonds is 6. The third-order valence-corrected chi connectivity index (χ3v) is 11.6. The molecule has 266 valence electrons. The Morgan fingerprint density at radius 3 is 1.35 bits per heavy atom. The van der Waals surface area contributed by atoms with Gasteiger partial charge in [0.15, 0.2) is 17.5 Å². The lowest BCUT2D eigenvalue weighted by Gasteiger charge is -2.34. The Bertz CT molecular complexity index is 3090. The molecule has 0 amide bonds. The van der Waals surface area contributed by atoms with Gasteiger partial charge in [-0.05, 0) is 90.3 Å². The van der Waals surface area contributed by atoms with E-state index < -0.39 is 5.41 Å². The Labute approximate surface area is 331 Å². The molecule has 0 saturated carbocycles. The van der Waals surface area contributed by atoms with E-state index in [1.165, 1.54) is 49.5 Å². The summed E-state index contributed by atoms with van der Waals surface area (Å²) in [6.45, 7) is 0. The molecule has 11 rings (SSSR count). The summed E-state index contributed by atoms with van der Waals surface area (Å²) in [5.41, 5.74) is 11.9. The Kier molecular flexibility index (Phi) is 7.71. The van der Waals surface area contributed by atoms with Crippen molar-refractivity contribution in [3.8, 4) is 56.4 Å². The van der Waals surface area contributed by atoms with E-state index in [0.29, 0.717) is 17.5 Å². The molecule has 1 heterocycles. The van der Waals surface area contributed by atoms with E-state index in [4.69, 9.17) is 15.0 Å². The molecule has 3 nitrogen and oxygen atoms in total. The fourth-order valence-corrected chi connectivity index (χ4v) is 8.88. The van der Waals surface area contributed by atoms with Crippen LogP contribution in [0.4, 0.5) is 0 Å². The smallest absolute Gasteiger partial charge is 0.164 e. The Morgan fingerprint density at radius 2 is 0.702 bits per heavy atom. The highest BCUT2D eigenvalue weighted by molar-refractivity contribution is 5.90. The molecule has 0 saturated heterocycles. The maximum Gasteiger partial charge on any atom is 0.164 e. The molecular formula is C54H35N3. The summed E-state index contributed by atoms with van der Waals surface area (Å²) in [5.74, 6) is 1.90. The molecule has 1 aliphatic carbocycles. The van der Waals surface area contributed by atoms with Crippen LogP contribution in [0.5, 0.6) is 0 Å². The topological polar surface area (TPSA) is 38.7 Å². The maximum atomic E-state index is 5.29. The van der Waals surface area contributed by atoms with Crippen molar-refractivity contribution in [3.05, 3.63) is 235 Å². The van der Waals surface area contributed by atoms with Crippen LogP contribution in [0.3, 0.4) is 0 Å². The zero-order chi connectivity index (χ0) is 37.8. The van der Waals surface area contributed by atoms with Crippen molar-refractivity contribution in [1.82, 2.24) is 15.0 Å². The largest absolute Gasteiger partial charge is 0.208 e. The van der Waals surface area contributed by atoms with Crippen molar-refractivity contribution in [2.45, 2.75) is 5.41 Å².